The van der Waals surface area contributed by atoms with E-state index in [1.54, 1.807) is 12.1 Å². The topological polar surface area (TPSA) is 53.9 Å². The highest BCUT2D eigenvalue weighted by molar-refractivity contribution is 6.31. The van der Waals surface area contributed by atoms with Gasteiger partial charge in [0, 0.05) is 16.5 Å². The summed E-state index contributed by atoms with van der Waals surface area (Å²) in [5.74, 6) is -2.74. The number of hydrogen-bond acceptors (Lipinski definition) is 3. The fourth-order valence-corrected chi connectivity index (χ4v) is 5.59. The summed E-state index contributed by atoms with van der Waals surface area (Å²) in [5, 5.41) is 9.57. The maximum Gasteiger partial charge on any atom is 0.257 e. The monoisotopic (exact) mass is 640 g/mol. The Morgan fingerprint density at radius 2 is 1.17 bits per heavy atom. The highest BCUT2D eigenvalue weighted by Crippen LogP contribution is 2.40. The Bertz CT molecular complexity index is 2080. The minimum atomic E-state index is -1.00. The second-order valence-corrected chi connectivity index (χ2v) is 11.8. The van der Waals surface area contributed by atoms with Crippen LogP contribution in [0.2, 0.25) is 5.02 Å². The molecule has 2 aromatic heterocycles. The van der Waals surface area contributed by atoms with Gasteiger partial charge >= 0.3 is 0 Å². The van der Waals surface area contributed by atoms with E-state index in [2.05, 4.69) is 4.85 Å². The lowest BCUT2D eigenvalue weighted by molar-refractivity contribution is 0.590. The van der Waals surface area contributed by atoms with Crippen molar-refractivity contribution in [1.82, 2.24) is 9.97 Å². The summed E-state index contributed by atoms with van der Waals surface area (Å²) in [6, 6.07) is 33.3. The molecule has 0 N–H and O–H groups in total. The van der Waals surface area contributed by atoms with Crippen molar-refractivity contribution in [2.24, 2.45) is 0 Å². The van der Waals surface area contributed by atoms with Gasteiger partial charge in [0.1, 0.15) is 23.3 Å². The van der Waals surface area contributed by atoms with E-state index in [0.717, 1.165) is 22.8 Å². The van der Waals surface area contributed by atoms with Crippen molar-refractivity contribution in [3.63, 3.8) is 0 Å². The van der Waals surface area contributed by atoms with E-state index in [1.807, 2.05) is 92.7 Å². The van der Waals surface area contributed by atoms with Crippen molar-refractivity contribution < 1.29 is 13.2 Å². The largest absolute Gasteiger partial charge is 0.257 e. The number of hydrogen-bond donors (Lipinski definition) is 0. The molecule has 0 fully saturated rings. The lowest BCUT2D eigenvalue weighted by atomic mass is 9.82. The molecule has 6 rings (SSSR count). The lowest BCUT2D eigenvalue weighted by Gasteiger charge is -2.27. The molecule has 47 heavy (non-hydrogen) atoms. The second kappa shape index (κ2) is 12.6. The molecule has 0 radical (unpaired) electrons. The van der Waals surface area contributed by atoms with Crippen LogP contribution in [-0.4, -0.2) is 9.97 Å². The van der Waals surface area contributed by atoms with Crippen molar-refractivity contribution in [1.29, 1.82) is 5.26 Å². The summed E-state index contributed by atoms with van der Waals surface area (Å²) in [4.78, 5) is 12.8. The maximum absolute atomic E-state index is 15.7. The van der Waals surface area contributed by atoms with Crippen molar-refractivity contribution in [2.75, 3.05) is 0 Å². The first-order chi connectivity index (χ1) is 22.6. The fourth-order valence-electron chi connectivity index (χ4n) is 5.40. The van der Waals surface area contributed by atoms with Gasteiger partial charge in [0.15, 0.2) is 5.82 Å². The van der Waals surface area contributed by atoms with Crippen molar-refractivity contribution >= 4 is 17.3 Å². The van der Waals surface area contributed by atoms with Crippen LogP contribution in [0, 0.1) is 35.4 Å². The van der Waals surface area contributed by atoms with Crippen LogP contribution in [-0.2, 0) is 5.41 Å². The Morgan fingerprint density at radius 3 is 1.66 bits per heavy atom. The Hall–Kier alpha value is -5.76. The standard InChI is InChI=1S/C39H24ClF3N4/c1-39(2,34-20-25(23-10-6-4-7-11-23)18-32(46-34)27-14-16-30(40)29(22-44)36(27)42)35-21-26(24-12-8-5-9-13-24)19-33(47-35)28-15-17-31(41)38(45-3)37(28)43/h4-21H,1-2H3. The molecule has 4 nitrogen and oxygen atoms in total. The summed E-state index contributed by atoms with van der Waals surface area (Å²) in [5.41, 5.74) is 2.80. The first kappa shape index (κ1) is 31.2. The first-order valence-corrected chi connectivity index (χ1v) is 14.9. The van der Waals surface area contributed by atoms with Crippen LogP contribution in [0.5, 0.6) is 0 Å². The van der Waals surface area contributed by atoms with Gasteiger partial charge in [0.05, 0.1) is 34.4 Å². The summed E-state index contributed by atoms with van der Waals surface area (Å²) < 4.78 is 45.5. The third kappa shape index (κ3) is 5.86. The molecule has 0 bridgehead atoms. The predicted octanol–water partition coefficient (Wildman–Crippen LogP) is 11.0. The van der Waals surface area contributed by atoms with E-state index in [-0.39, 0.29) is 33.1 Å². The molecule has 0 amide bonds. The van der Waals surface area contributed by atoms with E-state index < -0.39 is 28.6 Å². The highest BCUT2D eigenvalue weighted by Gasteiger charge is 2.30. The zero-order chi connectivity index (χ0) is 33.3. The fraction of sp³-hybridized carbons (Fsp3) is 0.0769. The predicted molar refractivity (Wildman–Crippen MR) is 178 cm³/mol. The van der Waals surface area contributed by atoms with E-state index in [0.29, 0.717) is 17.0 Å². The van der Waals surface area contributed by atoms with E-state index in [9.17, 15) is 9.65 Å². The third-order valence-electron chi connectivity index (χ3n) is 8.08. The number of nitriles is 1. The molecule has 2 heterocycles. The van der Waals surface area contributed by atoms with Crippen LogP contribution in [0.25, 0.3) is 49.6 Å². The normalized spacial score (nSPS) is 11.1. The molecule has 0 unspecified atom stereocenters. The van der Waals surface area contributed by atoms with E-state index in [4.69, 9.17) is 28.1 Å². The molecule has 8 heteroatoms. The zero-order valence-electron chi connectivity index (χ0n) is 25.2. The number of benzene rings is 4. The van der Waals surface area contributed by atoms with Crippen molar-refractivity contribution in [3.8, 4) is 50.8 Å². The average Bonchev–Trinajstić information content (AvgIpc) is 3.09. The van der Waals surface area contributed by atoms with Crippen LogP contribution < -0.4 is 0 Å². The Labute approximate surface area is 275 Å². The van der Waals surface area contributed by atoms with Crippen LogP contribution in [0.3, 0.4) is 0 Å². The Morgan fingerprint density at radius 1 is 0.681 bits per heavy atom. The first-order valence-electron chi connectivity index (χ1n) is 14.5. The minimum absolute atomic E-state index is 0.00243. The van der Waals surface area contributed by atoms with Gasteiger partial charge in [-0.2, -0.15) is 5.26 Å². The van der Waals surface area contributed by atoms with Gasteiger partial charge < -0.3 is 0 Å². The third-order valence-corrected chi connectivity index (χ3v) is 8.39. The van der Waals surface area contributed by atoms with Gasteiger partial charge in [-0.3, -0.25) is 9.97 Å². The molecular weight excluding hydrogens is 617 g/mol. The minimum Gasteiger partial charge on any atom is -0.252 e. The molecule has 0 saturated heterocycles. The second-order valence-electron chi connectivity index (χ2n) is 11.4. The smallest absolute Gasteiger partial charge is 0.252 e. The van der Waals surface area contributed by atoms with Crippen LogP contribution >= 0.6 is 11.6 Å². The summed E-state index contributed by atoms with van der Waals surface area (Å²) in [6.07, 6.45) is 0. The molecule has 0 saturated carbocycles. The molecule has 4 aromatic carbocycles. The van der Waals surface area contributed by atoms with Gasteiger partial charge in [-0.1, -0.05) is 72.3 Å². The molecule has 0 atom stereocenters. The summed E-state index contributed by atoms with van der Waals surface area (Å²) >= 11 is 6.11. The lowest BCUT2D eigenvalue weighted by Crippen LogP contribution is -2.23. The number of aromatic nitrogens is 2. The number of rotatable bonds is 6. The average molecular weight is 641 g/mol. The molecule has 228 valence electrons. The number of pyridine rings is 2. The van der Waals surface area contributed by atoms with Crippen molar-refractivity contribution in [3.05, 3.63) is 160 Å². The van der Waals surface area contributed by atoms with Crippen LogP contribution in [0.4, 0.5) is 18.9 Å². The van der Waals surface area contributed by atoms with Crippen LogP contribution in [0.1, 0.15) is 30.8 Å². The molecule has 6 aromatic rings. The Balaban J connectivity index is 1.61. The summed E-state index contributed by atoms with van der Waals surface area (Å²) in [6.45, 7) is 11.1. The zero-order valence-corrected chi connectivity index (χ0v) is 25.9. The highest BCUT2D eigenvalue weighted by atomic mass is 35.5. The quantitative estimate of drug-likeness (QED) is 0.170. The van der Waals surface area contributed by atoms with Gasteiger partial charge in [0.25, 0.3) is 5.69 Å². The van der Waals surface area contributed by atoms with Gasteiger partial charge in [-0.15, -0.1) is 0 Å². The molecular formula is C39H24ClF3N4. The molecule has 0 aliphatic heterocycles. The SMILES string of the molecule is [C-]#[N+]c1c(F)ccc(-c2cc(-c3ccccc3)cc(C(C)(C)c3cc(-c4ccccc4)cc(-c4ccc(Cl)c(C#N)c4F)n3)n2)c1F. The molecule has 0 aliphatic rings. The van der Waals surface area contributed by atoms with Crippen LogP contribution in [0.15, 0.2) is 109 Å². The van der Waals surface area contributed by atoms with Gasteiger partial charge in [0.2, 0.25) is 0 Å². The summed E-state index contributed by atoms with van der Waals surface area (Å²) in [7, 11) is 0. The van der Waals surface area contributed by atoms with E-state index >= 15 is 8.78 Å². The van der Waals surface area contributed by atoms with Gasteiger partial charge in [-0.05, 0) is 84.6 Å². The van der Waals surface area contributed by atoms with E-state index in [1.165, 1.54) is 18.2 Å². The molecule has 0 spiro atoms. The molecule has 0 aliphatic carbocycles. The van der Waals surface area contributed by atoms with Gasteiger partial charge in [-0.25, -0.2) is 18.0 Å². The number of halogens is 4. The van der Waals surface area contributed by atoms with Crippen molar-refractivity contribution in [2.45, 2.75) is 19.3 Å². The number of nitrogens with zero attached hydrogens (tertiary/aromatic N) is 4. The Kier molecular flexibility index (Phi) is 8.35. The maximum atomic E-state index is 15.7.